The summed E-state index contributed by atoms with van der Waals surface area (Å²) in [6.07, 6.45) is 0. The summed E-state index contributed by atoms with van der Waals surface area (Å²) in [6.45, 7) is 4.89. The van der Waals surface area contributed by atoms with Crippen LogP contribution in [-0.2, 0) is 7.05 Å². The molecule has 1 aromatic heterocycles. The largest absolute Gasteiger partial charge is 0.339 e. The molecular formula is C22H23N3O2. The number of nitrogens with zero attached hydrogens (tertiary/aromatic N) is 3. The first kappa shape index (κ1) is 18.6. The van der Waals surface area contributed by atoms with Gasteiger partial charge in [0.25, 0.3) is 11.5 Å². The molecule has 0 aliphatic carbocycles. The fraction of sp³-hybridized carbons (Fsp3) is 0.227. The van der Waals surface area contributed by atoms with Crippen LogP contribution in [0.25, 0.3) is 22.4 Å². The molecule has 0 atom stereocenters. The molecule has 0 unspecified atom stereocenters. The Labute approximate surface area is 158 Å². The molecule has 0 saturated heterocycles. The van der Waals surface area contributed by atoms with Crippen molar-refractivity contribution in [3.8, 4) is 22.4 Å². The minimum absolute atomic E-state index is 0.168. The second-order valence-electron chi connectivity index (χ2n) is 6.24. The van der Waals surface area contributed by atoms with E-state index >= 15 is 0 Å². The first-order valence-corrected chi connectivity index (χ1v) is 9.09. The Morgan fingerprint density at radius 2 is 1.44 bits per heavy atom. The number of hydrogen-bond acceptors (Lipinski definition) is 3. The molecule has 1 heterocycles. The maximum atomic E-state index is 13.2. The van der Waals surface area contributed by atoms with Crippen molar-refractivity contribution in [3.63, 3.8) is 0 Å². The summed E-state index contributed by atoms with van der Waals surface area (Å²) in [4.78, 5) is 27.9. The molecule has 0 N–H and O–H groups in total. The highest BCUT2D eigenvalue weighted by Gasteiger charge is 2.26. The number of hydrogen-bond donors (Lipinski definition) is 0. The quantitative estimate of drug-likeness (QED) is 0.698. The smallest absolute Gasteiger partial charge is 0.280 e. The summed E-state index contributed by atoms with van der Waals surface area (Å²) in [7, 11) is 1.59. The van der Waals surface area contributed by atoms with Gasteiger partial charge in [-0.15, -0.1) is 0 Å². The highest BCUT2D eigenvalue weighted by atomic mass is 16.2. The molecule has 27 heavy (non-hydrogen) atoms. The van der Waals surface area contributed by atoms with Gasteiger partial charge >= 0.3 is 0 Å². The highest BCUT2D eigenvalue weighted by Crippen LogP contribution is 2.32. The van der Waals surface area contributed by atoms with Crippen LogP contribution >= 0.6 is 0 Å². The molecule has 138 valence electrons. The zero-order valence-corrected chi connectivity index (χ0v) is 15.8. The van der Waals surface area contributed by atoms with Gasteiger partial charge in [-0.2, -0.15) is 5.10 Å². The Kier molecular flexibility index (Phi) is 5.50. The normalized spacial score (nSPS) is 10.6. The second-order valence-corrected chi connectivity index (χ2v) is 6.24. The number of aromatic nitrogens is 2. The lowest BCUT2D eigenvalue weighted by Gasteiger charge is -2.22. The Morgan fingerprint density at radius 3 is 1.96 bits per heavy atom. The van der Waals surface area contributed by atoms with Crippen LogP contribution in [0.4, 0.5) is 0 Å². The van der Waals surface area contributed by atoms with E-state index in [-0.39, 0.29) is 17.0 Å². The van der Waals surface area contributed by atoms with Gasteiger partial charge in [-0.25, -0.2) is 4.68 Å². The lowest BCUT2D eigenvalue weighted by molar-refractivity contribution is 0.0771. The van der Waals surface area contributed by atoms with Gasteiger partial charge in [-0.05, 0) is 19.4 Å². The minimum Gasteiger partial charge on any atom is -0.339 e. The Balaban J connectivity index is 2.40. The first-order valence-electron chi connectivity index (χ1n) is 9.09. The first-order chi connectivity index (χ1) is 13.1. The predicted octanol–water partition coefficient (Wildman–Crippen LogP) is 3.60. The number of carbonyl (C=O) groups excluding carboxylic acids is 1. The molecular weight excluding hydrogens is 338 g/mol. The molecule has 0 aliphatic heterocycles. The topological polar surface area (TPSA) is 55.2 Å². The van der Waals surface area contributed by atoms with E-state index in [9.17, 15) is 9.59 Å². The SMILES string of the molecule is CCN(CC)C(=O)c1c(-c2ccccc2)c(-c2ccccc2)nn(C)c1=O. The number of aryl methyl sites for hydroxylation is 1. The minimum atomic E-state index is -0.384. The van der Waals surface area contributed by atoms with Gasteiger partial charge in [-0.1, -0.05) is 60.7 Å². The maximum Gasteiger partial charge on any atom is 0.280 e. The standard InChI is InChI=1S/C22H23N3O2/c1-4-25(5-2)22(27)19-18(16-12-8-6-9-13-16)20(23-24(3)21(19)26)17-14-10-7-11-15-17/h6-15H,4-5H2,1-3H3. The summed E-state index contributed by atoms with van der Waals surface area (Å²) in [6, 6.07) is 19.1. The van der Waals surface area contributed by atoms with Crippen molar-refractivity contribution in [1.82, 2.24) is 14.7 Å². The fourth-order valence-electron chi connectivity index (χ4n) is 3.18. The third-order valence-electron chi connectivity index (χ3n) is 4.62. The number of benzene rings is 2. The second kappa shape index (κ2) is 7.99. The number of rotatable bonds is 5. The average Bonchev–Trinajstić information content (AvgIpc) is 2.71. The average molecular weight is 361 g/mol. The Hall–Kier alpha value is -3.21. The molecule has 0 radical (unpaired) electrons. The monoisotopic (exact) mass is 361 g/mol. The lowest BCUT2D eigenvalue weighted by Crippen LogP contribution is -2.37. The molecule has 0 saturated carbocycles. The van der Waals surface area contributed by atoms with Crippen LogP contribution in [0.15, 0.2) is 65.5 Å². The van der Waals surface area contributed by atoms with Gasteiger partial charge in [0.2, 0.25) is 0 Å². The molecule has 5 heteroatoms. The van der Waals surface area contributed by atoms with E-state index in [0.29, 0.717) is 24.3 Å². The van der Waals surface area contributed by atoms with E-state index in [1.54, 1.807) is 11.9 Å². The van der Waals surface area contributed by atoms with E-state index in [1.807, 2.05) is 74.5 Å². The van der Waals surface area contributed by atoms with Crippen molar-refractivity contribution in [2.75, 3.05) is 13.1 Å². The summed E-state index contributed by atoms with van der Waals surface area (Å²) in [5.41, 5.74) is 2.66. The zero-order valence-electron chi connectivity index (χ0n) is 15.8. The molecule has 0 spiro atoms. The Morgan fingerprint density at radius 1 is 0.926 bits per heavy atom. The van der Waals surface area contributed by atoms with Crippen molar-refractivity contribution in [2.24, 2.45) is 7.05 Å². The predicted molar refractivity (Wildman–Crippen MR) is 108 cm³/mol. The molecule has 3 aromatic rings. The highest BCUT2D eigenvalue weighted by molar-refractivity contribution is 6.03. The van der Waals surface area contributed by atoms with Crippen LogP contribution in [0.5, 0.6) is 0 Å². The summed E-state index contributed by atoms with van der Waals surface area (Å²) < 4.78 is 1.26. The van der Waals surface area contributed by atoms with Crippen molar-refractivity contribution in [3.05, 3.63) is 76.6 Å². The van der Waals surface area contributed by atoms with Gasteiger partial charge < -0.3 is 4.90 Å². The van der Waals surface area contributed by atoms with Gasteiger partial charge in [0.1, 0.15) is 5.56 Å². The van der Waals surface area contributed by atoms with Gasteiger partial charge in [0.05, 0.1) is 5.69 Å². The third kappa shape index (κ3) is 3.53. The van der Waals surface area contributed by atoms with Crippen LogP contribution in [0, 0.1) is 0 Å². The molecule has 1 amide bonds. The van der Waals surface area contributed by atoms with Crippen LogP contribution in [0.3, 0.4) is 0 Å². The zero-order chi connectivity index (χ0) is 19.4. The van der Waals surface area contributed by atoms with Gasteiger partial charge in [-0.3, -0.25) is 9.59 Å². The van der Waals surface area contributed by atoms with Crippen molar-refractivity contribution >= 4 is 5.91 Å². The van der Waals surface area contributed by atoms with Crippen LogP contribution in [0.1, 0.15) is 24.2 Å². The Bertz CT molecular complexity index is 991. The van der Waals surface area contributed by atoms with Gasteiger partial charge in [0.15, 0.2) is 0 Å². The lowest BCUT2D eigenvalue weighted by atomic mass is 9.95. The number of amides is 1. The molecule has 0 fully saturated rings. The summed E-state index contributed by atoms with van der Waals surface area (Å²) in [5, 5.41) is 4.51. The van der Waals surface area contributed by atoms with Crippen LogP contribution < -0.4 is 5.56 Å². The van der Waals surface area contributed by atoms with Crippen molar-refractivity contribution in [1.29, 1.82) is 0 Å². The molecule has 0 aliphatic rings. The third-order valence-corrected chi connectivity index (χ3v) is 4.62. The van der Waals surface area contributed by atoms with Crippen LogP contribution in [-0.4, -0.2) is 33.7 Å². The molecule has 5 nitrogen and oxygen atoms in total. The van der Waals surface area contributed by atoms with Crippen molar-refractivity contribution < 1.29 is 4.79 Å². The van der Waals surface area contributed by atoms with Gasteiger partial charge in [0, 0.05) is 31.3 Å². The van der Waals surface area contributed by atoms with E-state index in [2.05, 4.69) is 5.10 Å². The maximum absolute atomic E-state index is 13.2. The molecule has 3 rings (SSSR count). The van der Waals surface area contributed by atoms with E-state index in [4.69, 9.17) is 0 Å². The molecule has 0 bridgehead atoms. The van der Waals surface area contributed by atoms with E-state index in [0.717, 1.165) is 11.1 Å². The summed E-state index contributed by atoms with van der Waals surface area (Å²) >= 11 is 0. The number of carbonyl (C=O) groups is 1. The van der Waals surface area contributed by atoms with E-state index in [1.165, 1.54) is 4.68 Å². The van der Waals surface area contributed by atoms with Crippen molar-refractivity contribution in [2.45, 2.75) is 13.8 Å². The fourth-order valence-corrected chi connectivity index (χ4v) is 3.18. The van der Waals surface area contributed by atoms with Crippen LogP contribution in [0.2, 0.25) is 0 Å². The molecule has 2 aromatic carbocycles. The summed E-state index contributed by atoms with van der Waals surface area (Å²) in [5.74, 6) is -0.265. The van der Waals surface area contributed by atoms with E-state index < -0.39 is 0 Å².